The highest BCUT2D eigenvalue weighted by Crippen LogP contribution is 2.29. The molecule has 2 aromatic carbocycles. The Morgan fingerprint density at radius 2 is 1.76 bits per heavy atom. The summed E-state index contributed by atoms with van der Waals surface area (Å²) >= 11 is 4.11. The minimum Gasteiger partial charge on any atom is -0.478 e. The Balaban J connectivity index is 0.000000352. The van der Waals surface area contributed by atoms with Crippen molar-refractivity contribution in [2.75, 3.05) is 17.2 Å². The molecule has 0 heterocycles. The van der Waals surface area contributed by atoms with Crippen LogP contribution in [0.3, 0.4) is 0 Å². The zero-order valence-electron chi connectivity index (χ0n) is 16.3. The number of benzene rings is 2. The molecule has 0 aliphatic rings. The second-order valence-electron chi connectivity index (χ2n) is 6.54. The van der Waals surface area contributed by atoms with Crippen LogP contribution in [0, 0.1) is 5.92 Å². The van der Waals surface area contributed by atoms with E-state index < -0.39 is 16.0 Å². The number of carbonyl (C=O) groups is 2. The number of nitrogens with one attached hydrogen (secondary N) is 2. The number of sulfonamides is 1. The summed E-state index contributed by atoms with van der Waals surface area (Å²) in [6.07, 6.45) is 0. The molecule has 0 saturated heterocycles. The van der Waals surface area contributed by atoms with Crippen molar-refractivity contribution in [3.63, 3.8) is 0 Å². The van der Waals surface area contributed by atoms with Gasteiger partial charge < -0.3 is 15.7 Å². The van der Waals surface area contributed by atoms with Crippen molar-refractivity contribution in [1.29, 1.82) is 0 Å². The molecule has 10 heteroatoms. The fraction of sp³-hybridized carbons (Fsp3) is 0.263. The zero-order chi connectivity index (χ0) is 22.2. The topological polar surface area (TPSA) is 139 Å². The van der Waals surface area contributed by atoms with Crippen LogP contribution in [0.2, 0.25) is 0 Å². The van der Waals surface area contributed by atoms with Gasteiger partial charge in [0.15, 0.2) is 0 Å². The lowest BCUT2D eigenvalue weighted by atomic mass is 10.1. The number of anilines is 2. The van der Waals surface area contributed by atoms with Crippen LogP contribution in [0.1, 0.15) is 31.1 Å². The normalized spacial score (nSPS) is 10.7. The van der Waals surface area contributed by atoms with E-state index in [1.54, 1.807) is 0 Å². The monoisotopic (exact) mass is 439 g/mol. The van der Waals surface area contributed by atoms with Gasteiger partial charge in [0.2, 0.25) is 15.9 Å². The third kappa shape index (κ3) is 8.55. The van der Waals surface area contributed by atoms with Crippen LogP contribution < -0.4 is 15.8 Å². The van der Waals surface area contributed by atoms with Crippen LogP contribution in [-0.2, 0) is 14.8 Å². The van der Waals surface area contributed by atoms with Crippen LogP contribution in [0.15, 0.2) is 52.3 Å². The third-order valence-electron chi connectivity index (χ3n) is 3.42. The number of nitrogens with two attached hydrogens (primary N) is 1. The van der Waals surface area contributed by atoms with Crippen LogP contribution in [0.5, 0.6) is 0 Å². The number of carboxylic acid groups (broad SMARTS) is 1. The van der Waals surface area contributed by atoms with E-state index in [4.69, 9.17) is 10.2 Å². The first-order valence-electron chi connectivity index (χ1n) is 8.61. The van der Waals surface area contributed by atoms with Gasteiger partial charge in [0.05, 0.1) is 10.5 Å². The van der Waals surface area contributed by atoms with E-state index in [-0.39, 0.29) is 21.3 Å². The molecule has 0 aromatic heterocycles. The first kappa shape index (κ1) is 24.5. The Morgan fingerprint density at radius 3 is 2.21 bits per heavy atom. The van der Waals surface area contributed by atoms with E-state index in [1.807, 2.05) is 44.2 Å². The minimum absolute atomic E-state index is 0.0359. The first-order valence-corrected chi connectivity index (χ1v) is 10.6. The average molecular weight is 440 g/mol. The predicted molar refractivity (Wildman–Crippen MR) is 116 cm³/mol. The molecular formula is C19H25N3O5S2. The summed E-state index contributed by atoms with van der Waals surface area (Å²) in [5.41, 5.74) is 1.02. The Labute approximate surface area is 176 Å². The Kier molecular flexibility index (Phi) is 9.15. The highest BCUT2D eigenvalue weighted by molar-refractivity contribution is 7.90. The number of thiol groups is 1. The Hall–Kier alpha value is -2.56. The van der Waals surface area contributed by atoms with Crippen molar-refractivity contribution >= 4 is 45.9 Å². The number of primary sulfonamides is 1. The summed E-state index contributed by atoms with van der Waals surface area (Å²) in [4.78, 5) is 21.3. The van der Waals surface area contributed by atoms with Gasteiger partial charge in [0.1, 0.15) is 0 Å². The number of para-hydroxylation sites is 1. The van der Waals surface area contributed by atoms with Gasteiger partial charge in [-0.25, -0.2) is 18.4 Å². The summed E-state index contributed by atoms with van der Waals surface area (Å²) in [5.74, 6) is -0.962. The maximum Gasteiger partial charge on any atom is 0.335 e. The summed E-state index contributed by atoms with van der Waals surface area (Å²) in [7, 11) is -4.03. The molecule has 0 aliphatic heterocycles. The molecule has 8 nitrogen and oxygen atoms in total. The van der Waals surface area contributed by atoms with Crippen LogP contribution in [-0.4, -0.2) is 31.9 Å². The number of carbonyl (C=O) groups excluding carboxylic acids is 1. The minimum atomic E-state index is -4.03. The summed E-state index contributed by atoms with van der Waals surface area (Å²) in [5, 5.41) is 19.7. The van der Waals surface area contributed by atoms with Crippen LogP contribution >= 0.6 is 12.6 Å². The van der Waals surface area contributed by atoms with Gasteiger partial charge in [-0.2, -0.15) is 0 Å². The fourth-order valence-corrected chi connectivity index (χ4v) is 3.38. The van der Waals surface area contributed by atoms with Gasteiger partial charge >= 0.3 is 5.97 Å². The van der Waals surface area contributed by atoms with E-state index in [2.05, 4.69) is 23.3 Å². The van der Waals surface area contributed by atoms with Gasteiger partial charge in [-0.3, -0.25) is 4.79 Å². The molecule has 158 valence electrons. The number of rotatable bonds is 6. The van der Waals surface area contributed by atoms with Gasteiger partial charge in [0.25, 0.3) is 0 Å². The smallest absolute Gasteiger partial charge is 0.335 e. The lowest BCUT2D eigenvalue weighted by Gasteiger charge is -2.14. The molecular weight excluding hydrogens is 414 g/mol. The SMILES string of the molecule is CC(=O)Nc1ccccc1.CC(C)CNc1cc(C(=O)O)cc(S(N)(=O)=O)c1S. The Bertz CT molecular complexity index is 961. The molecule has 0 saturated carbocycles. The molecule has 2 aromatic rings. The van der Waals surface area contributed by atoms with Crippen molar-refractivity contribution in [2.24, 2.45) is 11.1 Å². The molecule has 0 fully saturated rings. The van der Waals surface area contributed by atoms with Crippen molar-refractivity contribution in [3.05, 3.63) is 48.0 Å². The summed E-state index contributed by atoms with van der Waals surface area (Å²) in [6.45, 7) is 5.98. The quantitative estimate of drug-likeness (QED) is 0.439. The molecule has 5 N–H and O–H groups in total. The number of aromatic carboxylic acids is 1. The van der Waals surface area contributed by atoms with E-state index in [0.29, 0.717) is 18.2 Å². The van der Waals surface area contributed by atoms with Gasteiger partial charge in [-0.15, -0.1) is 12.6 Å². The van der Waals surface area contributed by atoms with E-state index in [1.165, 1.54) is 13.0 Å². The molecule has 0 unspecified atom stereocenters. The van der Waals surface area contributed by atoms with Crippen molar-refractivity contribution in [1.82, 2.24) is 0 Å². The highest BCUT2D eigenvalue weighted by atomic mass is 32.2. The van der Waals surface area contributed by atoms with Gasteiger partial charge in [0, 0.05) is 29.7 Å². The van der Waals surface area contributed by atoms with Crippen molar-refractivity contribution in [2.45, 2.75) is 30.6 Å². The molecule has 1 amide bonds. The van der Waals surface area contributed by atoms with Crippen molar-refractivity contribution in [3.8, 4) is 0 Å². The number of hydrogen-bond acceptors (Lipinski definition) is 6. The van der Waals surface area contributed by atoms with Gasteiger partial charge in [-0.1, -0.05) is 32.0 Å². The molecule has 0 atom stereocenters. The molecule has 2 rings (SSSR count). The fourth-order valence-electron chi connectivity index (χ4n) is 2.12. The van der Waals surface area contributed by atoms with Crippen molar-refractivity contribution < 1.29 is 23.1 Å². The zero-order valence-corrected chi connectivity index (χ0v) is 18.0. The lowest BCUT2D eigenvalue weighted by Crippen LogP contribution is -2.16. The molecule has 0 aliphatic carbocycles. The number of carboxylic acids is 1. The second-order valence-corrected chi connectivity index (χ2v) is 8.52. The summed E-state index contributed by atoms with van der Waals surface area (Å²) < 4.78 is 22.9. The highest BCUT2D eigenvalue weighted by Gasteiger charge is 2.19. The number of hydrogen-bond donors (Lipinski definition) is 5. The van der Waals surface area contributed by atoms with E-state index >= 15 is 0 Å². The number of amides is 1. The third-order valence-corrected chi connectivity index (χ3v) is 4.99. The first-order chi connectivity index (χ1) is 13.4. The molecule has 0 bridgehead atoms. The van der Waals surface area contributed by atoms with E-state index in [9.17, 15) is 18.0 Å². The maximum atomic E-state index is 11.4. The molecule has 0 spiro atoms. The predicted octanol–water partition coefficient (Wildman–Crippen LogP) is 3.03. The van der Waals surface area contributed by atoms with Crippen LogP contribution in [0.25, 0.3) is 0 Å². The van der Waals surface area contributed by atoms with Crippen LogP contribution in [0.4, 0.5) is 11.4 Å². The molecule has 29 heavy (non-hydrogen) atoms. The van der Waals surface area contributed by atoms with E-state index in [0.717, 1.165) is 11.8 Å². The van der Waals surface area contributed by atoms with Gasteiger partial charge in [-0.05, 0) is 30.2 Å². The maximum absolute atomic E-state index is 11.4. The Morgan fingerprint density at radius 1 is 1.17 bits per heavy atom. The summed E-state index contributed by atoms with van der Waals surface area (Å²) in [6, 6.07) is 11.7. The average Bonchev–Trinajstić information content (AvgIpc) is 2.60. The standard InChI is InChI=1S/C11H16N2O4S2.C8H9NO/c1-6(2)5-13-8-3-7(11(14)15)4-9(10(8)18)19(12,16)17;1-7(10)9-8-5-3-2-4-6-8/h3-4,6,13,18H,5H2,1-2H3,(H,14,15)(H2,12,16,17);2-6H,1H3,(H,9,10). The second kappa shape index (κ2) is 10.8. The largest absolute Gasteiger partial charge is 0.478 e. The lowest BCUT2D eigenvalue weighted by molar-refractivity contribution is -0.114. The molecule has 0 radical (unpaired) electrons.